The van der Waals surface area contributed by atoms with Crippen molar-refractivity contribution in [2.75, 3.05) is 52.7 Å². The van der Waals surface area contributed by atoms with Crippen LogP contribution in [-0.4, -0.2) is 85.1 Å². The highest BCUT2D eigenvalue weighted by molar-refractivity contribution is 5.96. The average Bonchev–Trinajstić information content (AvgIpc) is 3.27. The van der Waals surface area contributed by atoms with E-state index in [0.29, 0.717) is 82.3 Å². The molecule has 10 heteroatoms. The van der Waals surface area contributed by atoms with Gasteiger partial charge in [0.1, 0.15) is 5.69 Å². The molecule has 2 aromatic rings. The summed E-state index contributed by atoms with van der Waals surface area (Å²) in [5, 5.41) is 7.79. The van der Waals surface area contributed by atoms with Crippen LogP contribution in [0.15, 0.2) is 24.3 Å². The molecule has 0 radical (unpaired) electrons. The quantitative estimate of drug-likeness (QED) is 0.538. The Kier molecular flexibility index (Phi) is 9.74. The van der Waals surface area contributed by atoms with Crippen LogP contribution in [0.5, 0.6) is 0 Å². The van der Waals surface area contributed by atoms with Crippen LogP contribution in [0.4, 0.5) is 0 Å². The second-order valence-corrected chi connectivity index (χ2v) is 10.8. The van der Waals surface area contributed by atoms with Crippen molar-refractivity contribution >= 4 is 17.8 Å². The molecule has 3 heterocycles. The van der Waals surface area contributed by atoms with Gasteiger partial charge in [0.2, 0.25) is 0 Å². The lowest BCUT2D eigenvalue weighted by molar-refractivity contribution is 0.0301. The van der Waals surface area contributed by atoms with Gasteiger partial charge in [0.15, 0.2) is 0 Å². The first-order valence-electron chi connectivity index (χ1n) is 13.9. The first-order valence-corrected chi connectivity index (χ1v) is 13.9. The van der Waals surface area contributed by atoms with Crippen LogP contribution in [0.3, 0.4) is 0 Å². The summed E-state index contributed by atoms with van der Waals surface area (Å²) in [6, 6.07) is 6.58. The van der Waals surface area contributed by atoms with E-state index in [2.05, 4.69) is 5.32 Å². The molecule has 0 atom stereocenters. The third kappa shape index (κ3) is 7.45. The zero-order valence-electron chi connectivity index (χ0n) is 23.3. The fourth-order valence-electron chi connectivity index (χ4n) is 4.90. The fourth-order valence-corrected chi connectivity index (χ4v) is 4.90. The highest BCUT2D eigenvalue weighted by atomic mass is 16.5. The molecular formula is C29H40N4O6. The van der Waals surface area contributed by atoms with E-state index < -0.39 is 11.4 Å². The van der Waals surface area contributed by atoms with Crippen LogP contribution in [0.1, 0.15) is 76.1 Å². The maximum absolute atomic E-state index is 13.0. The zero-order valence-corrected chi connectivity index (χ0v) is 23.3. The van der Waals surface area contributed by atoms with Crippen molar-refractivity contribution in [1.29, 1.82) is 0 Å². The van der Waals surface area contributed by atoms with Gasteiger partial charge in [-0.2, -0.15) is 5.10 Å². The molecule has 1 aromatic heterocycles. The van der Waals surface area contributed by atoms with E-state index in [1.807, 2.05) is 20.8 Å². The Bertz CT molecular complexity index is 1150. The Hall–Kier alpha value is -3.24. The summed E-state index contributed by atoms with van der Waals surface area (Å²) in [6.07, 6.45) is 2.84. The largest absolute Gasteiger partial charge is 0.462 e. The predicted molar refractivity (Wildman–Crippen MR) is 145 cm³/mol. The number of benzene rings is 1. The Balaban J connectivity index is 1.41. The Morgan fingerprint density at radius 1 is 1.03 bits per heavy atom. The SMILES string of the molecule is CCn1nc(CC(C)(C)COC(=O)c2ccc(C(=O)N3CCOCC3)cc2)c2c1C(=O)NCCCOCCC2. The molecule has 0 unspecified atom stereocenters. The van der Waals surface area contributed by atoms with Crippen LogP contribution >= 0.6 is 0 Å². The van der Waals surface area contributed by atoms with Gasteiger partial charge in [-0.1, -0.05) is 13.8 Å². The number of aromatic nitrogens is 2. The predicted octanol–water partition coefficient (Wildman–Crippen LogP) is 2.88. The van der Waals surface area contributed by atoms with E-state index in [0.717, 1.165) is 24.1 Å². The molecule has 0 spiro atoms. The topological polar surface area (TPSA) is 112 Å². The molecule has 1 N–H and O–H groups in total. The van der Waals surface area contributed by atoms with E-state index in [9.17, 15) is 14.4 Å². The second kappa shape index (κ2) is 13.2. The van der Waals surface area contributed by atoms with Gasteiger partial charge in [0.05, 0.1) is 31.1 Å². The van der Waals surface area contributed by atoms with Crippen LogP contribution in [0, 0.1) is 5.41 Å². The van der Waals surface area contributed by atoms with Gasteiger partial charge >= 0.3 is 5.97 Å². The van der Waals surface area contributed by atoms with E-state index in [1.165, 1.54) is 0 Å². The van der Waals surface area contributed by atoms with E-state index in [-0.39, 0.29) is 18.4 Å². The van der Waals surface area contributed by atoms with Gasteiger partial charge in [-0.15, -0.1) is 0 Å². The minimum absolute atomic E-state index is 0.0668. The summed E-state index contributed by atoms with van der Waals surface area (Å²) >= 11 is 0. The van der Waals surface area contributed by atoms with Crippen molar-refractivity contribution in [3.05, 3.63) is 52.3 Å². The lowest BCUT2D eigenvalue weighted by atomic mass is 9.86. The fraction of sp³-hybridized carbons (Fsp3) is 0.586. The van der Waals surface area contributed by atoms with E-state index in [1.54, 1.807) is 33.8 Å². The first kappa shape index (κ1) is 28.8. The molecule has 39 heavy (non-hydrogen) atoms. The molecule has 2 aliphatic heterocycles. The molecule has 2 amide bonds. The molecule has 10 nitrogen and oxygen atoms in total. The zero-order chi connectivity index (χ0) is 27.8. The number of ether oxygens (including phenoxy) is 3. The Morgan fingerprint density at radius 2 is 1.69 bits per heavy atom. The number of hydrogen-bond acceptors (Lipinski definition) is 7. The Morgan fingerprint density at radius 3 is 2.41 bits per heavy atom. The number of aryl methyl sites for hydroxylation is 1. The third-order valence-corrected chi connectivity index (χ3v) is 7.02. The highest BCUT2D eigenvalue weighted by Crippen LogP contribution is 2.27. The maximum Gasteiger partial charge on any atom is 0.338 e. The van der Waals surface area contributed by atoms with Gasteiger partial charge in [-0.3, -0.25) is 14.3 Å². The minimum atomic E-state index is -0.441. The summed E-state index contributed by atoms with van der Waals surface area (Å²) in [5.74, 6) is -0.612. The Labute approximate surface area is 230 Å². The number of hydrogen-bond donors (Lipinski definition) is 1. The number of carbonyl (C=O) groups excluding carboxylic acids is 3. The maximum atomic E-state index is 13.0. The summed E-state index contributed by atoms with van der Waals surface area (Å²) in [4.78, 5) is 40.2. The summed E-state index contributed by atoms with van der Waals surface area (Å²) in [6.45, 7) is 10.8. The molecule has 212 valence electrons. The van der Waals surface area contributed by atoms with Crippen LogP contribution in [-0.2, 0) is 33.6 Å². The van der Waals surface area contributed by atoms with Crippen LogP contribution in [0.2, 0.25) is 0 Å². The number of nitrogens with zero attached hydrogens (tertiary/aromatic N) is 3. The van der Waals surface area contributed by atoms with Gasteiger partial charge in [-0.25, -0.2) is 4.79 Å². The molecule has 4 rings (SSSR count). The standard InChI is InChI=1S/C29H40N4O6/c1-4-33-25-23(7-5-15-37-16-6-12-30-26(25)34)24(31-33)19-29(2,3)20-39-28(36)22-10-8-21(9-11-22)27(35)32-13-17-38-18-14-32/h8-11H,4-7,12-20H2,1-3H3,(H,30,34). The normalized spacial score (nSPS) is 17.1. The number of esters is 1. The minimum Gasteiger partial charge on any atom is -0.462 e. The number of amides is 2. The monoisotopic (exact) mass is 540 g/mol. The lowest BCUT2D eigenvalue weighted by Gasteiger charge is -2.27. The van der Waals surface area contributed by atoms with Crippen molar-refractivity contribution in [3.63, 3.8) is 0 Å². The average molecular weight is 541 g/mol. The van der Waals surface area contributed by atoms with Crippen LogP contribution in [0.25, 0.3) is 0 Å². The van der Waals surface area contributed by atoms with Crippen molar-refractivity contribution in [2.45, 2.75) is 53.0 Å². The molecule has 0 saturated carbocycles. The summed E-state index contributed by atoms with van der Waals surface area (Å²) in [7, 11) is 0. The van der Waals surface area contributed by atoms with Crippen LogP contribution < -0.4 is 5.32 Å². The number of carbonyl (C=O) groups is 3. The van der Waals surface area contributed by atoms with Gasteiger partial charge in [0, 0.05) is 62.4 Å². The number of morpholine rings is 1. The van der Waals surface area contributed by atoms with E-state index >= 15 is 0 Å². The molecular weight excluding hydrogens is 500 g/mol. The second-order valence-electron chi connectivity index (χ2n) is 10.8. The lowest BCUT2D eigenvalue weighted by Crippen LogP contribution is -2.40. The van der Waals surface area contributed by atoms with Gasteiger partial charge in [0.25, 0.3) is 11.8 Å². The first-order chi connectivity index (χ1) is 18.8. The summed E-state index contributed by atoms with van der Waals surface area (Å²) in [5.41, 5.74) is 2.93. The van der Waals surface area contributed by atoms with Crippen molar-refractivity contribution in [2.24, 2.45) is 5.41 Å². The molecule has 0 bridgehead atoms. The van der Waals surface area contributed by atoms with Crippen molar-refractivity contribution in [3.8, 4) is 0 Å². The number of rotatable bonds is 7. The van der Waals surface area contributed by atoms with Crippen molar-refractivity contribution < 1.29 is 28.6 Å². The van der Waals surface area contributed by atoms with Gasteiger partial charge < -0.3 is 24.4 Å². The molecule has 1 fully saturated rings. The number of nitrogens with one attached hydrogen (secondary N) is 1. The molecule has 1 saturated heterocycles. The van der Waals surface area contributed by atoms with Crippen molar-refractivity contribution in [1.82, 2.24) is 20.0 Å². The molecule has 1 aromatic carbocycles. The summed E-state index contributed by atoms with van der Waals surface area (Å²) < 4.78 is 18.5. The highest BCUT2D eigenvalue weighted by Gasteiger charge is 2.29. The van der Waals surface area contributed by atoms with E-state index in [4.69, 9.17) is 19.3 Å². The smallest absolute Gasteiger partial charge is 0.338 e. The van der Waals surface area contributed by atoms with Gasteiger partial charge in [-0.05, 0) is 50.5 Å². The molecule has 0 aliphatic carbocycles. The third-order valence-electron chi connectivity index (χ3n) is 7.02. The number of fused-ring (bicyclic) bond motifs is 1. The molecule has 2 aliphatic rings.